The first-order valence-corrected chi connectivity index (χ1v) is 25.3. The van der Waals surface area contributed by atoms with Crippen LogP contribution >= 0.6 is 0 Å². The molecule has 1 saturated heterocycles. The number of ether oxygens (including phenoxy) is 2. The molecule has 7 N–H and O–H groups in total. The Morgan fingerprint density at radius 3 is 1.25 bits per heavy atom. The van der Waals surface area contributed by atoms with Crippen LogP contribution in [0.4, 0.5) is 0 Å². The smallest absolute Gasteiger partial charge is 0.220 e. The number of nitrogens with one attached hydrogen (secondary N) is 1. The summed E-state index contributed by atoms with van der Waals surface area (Å²) in [4.78, 5) is 13.0. The van der Waals surface area contributed by atoms with E-state index >= 15 is 0 Å². The molecule has 0 radical (unpaired) electrons. The summed E-state index contributed by atoms with van der Waals surface area (Å²) in [5.74, 6) is -0.252. The molecule has 1 aliphatic heterocycles. The van der Waals surface area contributed by atoms with E-state index in [0.29, 0.717) is 6.42 Å². The molecule has 10 nitrogen and oxygen atoms in total. The molecule has 1 amide bonds. The van der Waals surface area contributed by atoms with Gasteiger partial charge in [-0.1, -0.05) is 226 Å². The Bertz CT molecular complexity index is 911. The number of rotatable bonds is 43. The molecular formula is C49H97NO9. The first kappa shape index (κ1) is 56.2. The lowest BCUT2D eigenvalue weighted by Crippen LogP contribution is -2.60. The van der Waals surface area contributed by atoms with Crippen LogP contribution in [0.3, 0.4) is 0 Å². The van der Waals surface area contributed by atoms with Crippen LogP contribution in [0, 0.1) is 0 Å². The number of hydrogen-bond acceptors (Lipinski definition) is 9. The van der Waals surface area contributed by atoms with Gasteiger partial charge in [0, 0.05) is 6.42 Å². The number of carbonyl (C=O) groups is 1. The number of hydrogen-bond donors (Lipinski definition) is 7. The molecule has 0 aliphatic carbocycles. The molecule has 0 aromatic heterocycles. The van der Waals surface area contributed by atoms with Crippen molar-refractivity contribution in [2.45, 2.75) is 294 Å². The fourth-order valence-corrected chi connectivity index (χ4v) is 8.44. The highest BCUT2D eigenvalue weighted by Crippen LogP contribution is 2.23. The standard InChI is InChI=1S/C49H97NO9/c1-3-5-7-9-11-13-15-17-19-20-21-22-24-26-28-30-32-34-36-38-44(53)50-41(40-58-49-48(57)47(56)46(55)43(39-51)59-49)45(54)42(52)37-35-33-31-29-27-25-23-18-16-14-12-10-8-6-4-2/h41-43,45-49,51-52,54-57H,3-40H2,1-2H3,(H,50,53)/t41-,42+,43+,45-,46-,47?,48?,49+/m0/s1. The number of aliphatic hydroxyl groups excluding tert-OH is 6. The van der Waals surface area contributed by atoms with E-state index in [9.17, 15) is 35.4 Å². The van der Waals surface area contributed by atoms with Crippen LogP contribution < -0.4 is 5.32 Å². The molecule has 8 atom stereocenters. The second-order valence-corrected chi connectivity index (χ2v) is 18.1. The zero-order chi connectivity index (χ0) is 43.2. The van der Waals surface area contributed by atoms with Gasteiger partial charge in [0.2, 0.25) is 5.91 Å². The average Bonchev–Trinajstić information content (AvgIpc) is 3.23. The van der Waals surface area contributed by atoms with Gasteiger partial charge in [-0.05, 0) is 12.8 Å². The Balaban J connectivity index is 2.32. The van der Waals surface area contributed by atoms with Gasteiger partial charge in [0.25, 0.3) is 0 Å². The zero-order valence-corrected chi connectivity index (χ0v) is 38.4. The summed E-state index contributed by atoms with van der Waals surface area (Å²) >= 11 is 0. The van der Waals surface area contributed by atoms with Gasteiger partial charge in [-0.2, -0.15) is 0 Å². The van der Waals surface area contributed by atoms with Crippen molar-refractivity contribution in [2.24, 2.45) is 0 Å². The van der Waals surface area contributed by atoms with Crippen molar-refractivity contribution in [3.05, 3.63) is 0 Å². The lowest BCUT2D eigenvalue weighted by molar-refractivity contribution is -0.303. The maximum Gasteiger partial charge on any atom is 0.220 e. The van der Waals surface area contributed by atoms with Crippen molar-refractivity contribution in [3.63, 3.8) is 0 Å². The molecule has 0 saturated carbocycles. The third kappa shape index (κ3) is 30.0. The van der Waals surface area contributed by atoms with Crippen LogP contribution in [-0.4, -0.2) is 98.7 Å². The zero-order valence-electron chi connectivity index (χ0n) is 38.4. The average molecular weight is 844 g/mol. The van der Waals surface area contributed by atoms with Crippen LogP contribution in [0.2, 0.25) is 0 Å². The molecule has 1 rings (SSSR count). The fourth-order valence-electron chi connectivity index (χ4n) is 8.44. The van der Waals surface area contributed by atoms with E-state index in [1.54, 1.807) is 0 Å². The number of amides is 1. The molecule has 1 heterocycles. The van der Waals surface area contributed by atoms with Gasteiger partial charge in [-0.15, -0.1) is 0 Å². The molecule has 352 valence electrons. The number of carbonyl (C=O) groups excluding carboxylic acids is 1. The topological polar surface area (TPSA) is 169 Å². The molecule has 1 fully saturated rings. The second kappa shape index (κ2) is 40.0. The lowest BCUT2D eigenvalue weighted by atomic mass is 9.98. The predicted octanol–water partition coefficient (Wildman–Crippen LogP) is 10.1. The molecule has 0 bridgehead atoms. The van der Waals surface area contributed by atoms with Crippen LogP contribution in [0.25, 0.3) is 0 Å². The van der Waals surface area contributed by atoms with Crippen LogP contribution in [0.5, 0.6) is 0 Å². The summed E-state index contributed by atoms with van der Waals surface area (Å²) in [6, 6.07) is -0.985. The minimum atomic E-state index is -1.60. The van der Waals surface area contributed by atoms with E-state index in [0.717, 1.165) is 38.5 Å². The van der Waals surface area contributed by atoms with Crippen LogP contribution in [0.15, 0.2) is 0 Å². The maximum absolute atomic E-state index is 13.0. The third-order valence-corrected chi connectivity index (χ3v) is 12.6. The Kier molecular flexibility index (Phi) is 38.0. The van der Waals surface area contributed by atoms with Gasteiger partial charge in [0.1, 0.15) is 30.5 Å². The van der Waals surface area contributed by atoms with Crippen molar-refractivity contribution in [3.8, 4) is 0 Å². The monoisotopic (exact) mass is 844 g/mol. The van der Waals surface area contributed by atoms with Crippen molar-refractivity contribution in [2.75, 3.05) is 13.2 Å². The molecule has 59 heavy (non-hydrogen) atoms. The quantitative estimate of drug-likeness (QED) is 0.0296. The second-order valence-electron chi connectivity index (χ2n) is 18.1. The van der Waals surface area contributed by atoms with Crippen LogP contribution in [0.1, 0.15) is 245 Å². The molecule has 2 unspecified atom stereocenters. The molecule has 10 heteroatoms. The van der Waals surface area contributed by atoms with Crippen molar-refractivity contribution in [1.29, 1.82) is 0 Å². The minimum absolute atomic E-state index is 0.252. The first-order valence-electron chi connectivity index (χ1n) is 25.3. The summed E-state index contributed by atoms with van der Waals surface area (Å²) in [6.07, 6.45) is 33.9. The normalized spacial score (nSPS) is 21.1. The summed E-state index contributed by atoms with van der Waals surface area (Å²) < 4.78 is 11.2. The summed E-state index contributed by atoms with van der Waals surface area (Å²) in [5.41, 5.74) is 0. The third-order valence-electron chi connectivity index (χ3n) is 12.6. The van der Waals surface area contributed by atoms with E-state index in [1.165, 1.54) is 180 Å². The van der Waals surface area contributed by atoms with Crippen molar-refractivity contribution >= 4 is 5.91 Å². The van der Waals surface area contributed by atoms with E-state index in [4.69, 9.17) is 9.47 Å². The van der Waals surface area contributed by atoms with Gasteiger partial charge in [0.05, 0.1) is 25.4 Å². The fraction of sp³-hybridized carbons (Fsp3) is 0.980. The van der Waals surface area contributed by atoms with E-state index in [-0.39, 0.29) is 18.9 Å². The van der Waals surface area contributed by atoms with Gasteiger partial charge < -0.3 is 45.4 Å². The largest absolute Gasteiger partial charge is 0.394 e. The van der Waals surface area contributed by atoms with Gasteiger partial charge in [-0.3, -0.25) is 4.79 Å². The van der Waals surface area contributed by atoms with E-state index in [2.05, 4.69) is 19.2 Å². The minimum Gasteiger partial charge on any atom is -0.394 e. The summed E-state index contributed by atoms with van der Waals surface area (Å²) in [7, 11) is 0. The Labute approximate surface area is 362 Å². The molecule has 0 spiro atoms. The molecule has 0 aromatic carbocycles. The van der Waals surface area contributed by atoms with Crippen LogP contribution in [-0.2, 0) is 14.3 Å². The molecule has 1 aliphatic rings. The van der Waals surface area contributed by atoms with E-state index < -0.39 is 55.6 Å². The van der Waals surface area contributed by atoms with Crippen molar-refractivity contribution in [1.82, 2.24) is 5.32 Å². The SMILES string of the molecule is CCCCCCCCCCCCCCCCCCCCCC(=O)N[C@@H](CO[C@@H]1O[C@H](CO)[C@H](O)C(O)C1O)[C@H](O)[C@H](O)CCCCCCCCCCCCCCCCC. The number of unbranched alkanes of at least 4 members (excludes halogenated alkanes) is 32. The highest BCUT2D eigenvalue weighted by atomic mass is 16.7. The Morgan fingerprint density at radius 2 is 0.881 bits per heavy atom. The Morgan fingerprint density at radius 1 is 0.525 bits per heavy atom. The van der Waals surface area contributed by atoms with Crippen molar-refractivity contribution < 1.29 is 44.9 Å². The highest BCUT2D eigenvalue weighted by molar-refractivity contribution is 5.76. The van der Waals surface area contributed by atoms with Gasteiger partial charge in [-0.25, -0.2) is 0 Å². The van der Waals surface area contributed by atoms with Gasteiger partial charge >= 0.3 is 0 Å². The molecular weight excluding hydrogens is 747 g/mol. The number of aliphatic hydroxyl groups is 6. The molecule has 0 aromatic rings. The Hall–Kier alpha value is -0.850. The summed E-state index contributed by atoms with van der Waals surface area (Å²) in [6.45, 7) is 3.64. The lowest BCUT2D eigenvalue weighted by Gasteiger charge is -2.40. The highest BCUT2D eigenvalue weighted by Gasteiger charge is 2.44. The summed E-state index contributed by atoms with van der Waals surface area (Å²) in [5, 5.41) is 65.3. The first-order chi connectivity index (χ1) is 28.8. The van der Waals surface area contributed by atoms with Gasteiger partial charge in [0.15, 0.2) is 6.29 Å². The maximum atomic E-state index is 13.0. The van der Waals surface area contributed by atoms with E-state index in [1.807, 2.05) is 0 Å². The predicted molar refractivity (Wildman–Crippen MR) is 241 cm³/mol.